The van der Waals surface area contributed by atoms with Crippen LogP contribution in [0.1, 0.15) is 10.4 Å². The van der Waals surface area contributed by atoms with Crippen molar-refractivity contribution >= 4 is 49.7 Å². The molecule has 0 spiro atoms. The van der Waals surface area contributed by atoms with E-state index in [-0.39, 0.29) is 40.7 Å². The van der Waals surface area contributed by atoms with Crippen LogP contribution >= 0.6 is 11.6 Å². The van der Waals surface area contributed by atoms with Crippen LogP contribution in [0.25, 0.3) is 10.9 Å². The summed E-state index contributed by atoms with van der Waals surface area (Å²) in [4.78, 5) is 15.8. The quantitative estimate of drug-likeness (QED) is 0.420. The number of ether oxygens (including phenoxy) is 1. The number of carboxylic acids is 1. The predicted molar refractivity (Wildman–Crippen MR) is 115 cm³/mol. The number of fused-ring (bicyclic) bond motifs is 1. The zero-order valence-corrected chi connectivity index (χ0v) is 17.6. The average molecular weight is 464 g/mol. The van der Waals surface area contributed by atoms with Gasteiger partial charge in [0.25, 0.3) is 0 Å². The second-order valence-electron chi connectivity index (χ2n) is 6.87. The molecule has 4 rings (SSSR count). The third-order valence-electron chi connectivity index (χ3n) is 4.83. The van der Waals surface area contributed by atoms with Crippen molar-refractivity contribution in [2.75, 3.05) is 25.0 Å². The molecule has 11 heteroatoms. The van der Waals surface area contributed by atoms with Gasteiger partial charge in [0, 0.05) is 29.7 Å². The molecule has 1 atom stereocenters. The Labute approximate surface area is 182 Å². The first kappa shape index (κ1) is 21.3. The number of aromatic hydroxyl groups is 1. The van der Waals surface area contributed by atoms with E-state index in [9.17, 15) is 23.4 Å². The molecule has 1 aromatic heterocycles. The number of anilines is 2. The fraction of sp³-hybridized carbons (Fsp3) is 0.200. The molecule has 2 aromatic carbocycles. The van der Waals surface area contributed by atoms with Gasteiger partial charge in [-0.15, -0.1) is 0 Å². The first-order valence-electron chi connectivity index (χ1n) is 9.25. The normalized spacial score (nSPS) is 16.9. The Balaban J connectivity index is 1.93. The molecule has 1 saturated heterocycles. The number of halogens is 1. The number of carboxylic acid groups (broad SMARTS) is 1. The molecule has 0 amide bonds. The number of hydrogen-bond donors (Lipinski definition) is 4. The van der Waals surface area contributed by atoms with Crippen molar-refractivity contribution < 1.29 is 28.2 Å². The number of phenols is 1. The minimum Gasteiger partial charge on any atom is -0.508 e. The molecular formula is C20H18ClN3O6S. The Morgan fingerprint density at radius 2 is 2.06 bits per heavy atom. The molecule has 0 radical (unpaired) electrons. The Kier molecular flexibility index (Phi) is 5.71. The fourth-order valence-electron chi connectivity index (χ4n) is 3.33. The number of nitrogens with zero attached hydrogens (tertiary/aromatic N) is 1. The number of carbonyl (C=O) groups is 1. The van der Waals surface area contributed by atoms with Crippen LogP contribution in [0, 0.1) is 0 Å². The van der Waals surface area contributed by atoms with Crippen molar-refractivity contribution in [2.45, 2.75) is 10.3 Å². The van der Waals surface area contributed by atoms with E-state index in [0.717, 1.165) is 6.07 Å². The molecule has 162 valence electrons. The molecule has 4 N–H and O–H groups in total. The molecule has 9 nitrogen and oxygen atoms in total. The molecule has 1 unspecified atom stereocenters. The summed E-state index contributed by atoms with van der Waals surface area (Å²) < 4.78 is 32.2. The van der Waals surface area contributed by atoms with E-state index in [4.69, 9.17) is 16.3 Å². The maximum Gasteiger partial charge on any atom is 0.337 e. The second kappa shape index (κ2) is 8.31. The van der Waals surface area contributed by atoms with E-state index in [1.54, 1.807) is 18.2 Å². The molecule has 1 aliphatic rings. The lowest BCUT2D eigenvalue weighted by molar-refractivity contribution is 0.0697. The number of sulfone groups is 1. The van der Waals surface area contributed by atoms with Gasteiger partial charge < -0.3 is 25.6 Å². The minimum absolute atomic E-state index is 0.0944. The van der Waals surface area contributed by atoms with Crippen LogP contribution in [0.3, 0.4) is 0 Å². The third-order valence-corrected chi connectivity index (χ3v) is 6.99. The van der Waals surface area contributed by atoms with E-state index in [0.29, 0.717) is 22.5 Å². The van der Waals surface area contributed by atoms with Crippen LogP contribution in [-0.4, -0.2) is 54.7 Å². The van der Waals surface area contributed by atoms with Gasteiger partial charge in [-0.05, 0) is 36.4 Å². The Morgan fingerprint density at radius 3 is 2.77 bits per heavy atom. The molecule has 3 aromatic rings. The van der Waals surface area contributed by atoms with Gasteiger partial charge in [-0.2, -0.15) is 0 Å². The van der Waals surface area contributed by atoms with Gasteiger partial charge >= 0.3 is 5.97 Å². The lowest BCUT2D eigenvalue weighted by Gasteiger charge is -2.25. The number of rotatable bonds is 5. The summed E-state index contributed by atoms with van der Waals surface area (Å²) in [6.07, 6.45) is 1.22. The molecule has 1 fully saturated rings. The number of nitrogens with one attached hydrogen (secondary N) is 2. The van der Waals surface area contributed by atoms with Crippen LogP contribution in [0.5, 0.6) is 5.75 Å². The van der Waals surface area contributed by atoms with Crippen molar-refractivity contribution in [3.63, 3.8) is 0 Å². The SMILES string of the molecule is O=C(O)c1cc(O)ccc1Nc1c(S(=O)(=O)C2CNCCO2)cnc2ccc(Cl)cc12. The van der Waals surface area contributed by atoms with Gasteiger partial charge in [0.1, 0.15) is 10.6 Å². The van der Waals surface area contributed by atoms with Crippen LogP contribution < -0.4 is 10.6 Å². The topological polar surface area (TPSA) is 138 Å². The van der Waals surface area contributed by atoms with Gasteiger partial charge in [0.15, 0.2) is 5.44 Å². The van der Waals surface area contributed by atoms with Crippen LogP contribution in [0.4, 0.5) is 11.4 Å². The maximum absolute atomic E-state index is 13.4. The highest BCUT2D eigenvalue weighted by atomic mass is 35.5. The largest absolute Gasteiger partial charge is 0.508 e. The fourth-order valence-corrected chi connectivity index (χ4v) is 5.04. The van der Waals surface area contributed by atoms with Crippen molar-refractivity contribution in [3.8, 4) is 5.75 Å². The van der Waals surface area contributed by atoms with Gasteiger partial charge in [0.05, 0.1) is 29.1 Å². The summed E-state index contributed by atoms with van der Waals surface area (Å²) in [5.41, 5.74) is -0.680. The molecule has 0 aliphatic carbocycles. The highest BCUT2D eigenvalue weighted by molar-refractivity contribution is 7.92. The van der Waals surface area contributed by atoms with E-state index < -0.39 is 21.2 Å². The number of phenolic OH excluding ortho intramolecular Hbond substituents is 1. The van der Waals surface area contributed by atoms with Gasteiger partial charge in [-0.1, -0.05) is 11.6 Å². The highest BCUT2D eigenvalue weighted by Gasteiger charge is 2.33. The zero-order valence-electron chi connectivity index (χ0n) is 16.0. The number of pyridine rings is 1. The van der Waals surface area contributed by atoms with Gasteiger partial charge in [0.2, 0.25) is 9.84 Å². The molecule has 31 heavy (non-hydrogen) atoms. The molecule has 0 bridgehead atoms. The minimum atomic E-state index is -4.01. The van der Waals surface area contributed by atoms with E-state index in [2.05, 4.69) is 15.6 Å². The second-order valence-corrected chi connectivity index (χ2v) is 9.36. The summed E-state index contributed by atoms with van der Waals surface area (Å²) in [5.74, 6) is -1.53. The lowest BCUT2D eigenvalue weighted by atomic mass is 10.1. The Morgan fingerprint density at radius 1 is 1.26 bits per heavy atom. The predicted octanol–water partition coefficient (Wildman–Crippen LogP) is 2.76. The Hall–Kier alpha value is -2.92. The number of morpholine rings is 1. The third kappa shape index (κ3) is 4.15. The summed E-state index contributed by atoms with van der Waals surface area (Å²) >= 11 is 6.14. The average Bonchev–Trinajstić information content (AvgIpc) is 2.75. The van der Waals surface area contributed by atoms with Crippen molar-refractivity contribution in [1.82, 2.24) is 10.3 Å². The Bertz CT molecular complexity index is 1280. The standard InChI is InChI=1S/C20H18ClN3O6S/c21-11-1-3-15-13(7-11)19(24-16-4-2-12(25)8-14(16)20(26)27)17(9-23-15)31(28,29)18-10-22-5-6-30-18/h1-4,7-9,18,22,25H,5-6,10H2,(H,23,24)(H,26,27). The van der Waals surface area contributed by atoms with Crippen LogP contribution in [-0.2, 0) is 14.6 Å². The molecule has 2 heterocycles. The summed E-state index contributed by atoms with van der Waals surface area (Å²) in [7, 11) is -4.01. The molecule has 0 saturated carbocycles. The van der Waals surface area contributed by atoms with E-state index >= 15 is 0 Å². The first-order valence-corrected chi connectivity index (χ1v) is 11.2. The van der Waals surface area contributed by atoms with Crippen molar-refractivity contribution in [3.05, 3.63) is 53.2 Å². The van der Waals surface area contributed by atoms with Gasteiger partial charge in [-0.25, -0.2) is 13.2 Å². The summed E-state index contributed by atoms with van der Waals surface area (Å²) in [6.45, 7) is 0.883. The number of aromatic carboxylic acids is 1. The van der Waals surface area contributed by atoms with E-state index in [1.165, 1.54) is 18.3 Å². The number of aromatic nitrogens is 1. The monoisotopic (exact) mass is 463 g/mol. The van der Waals surface area contributed by atoms with E-state index in [1.807, 2.05) is 0 Å². The zero-order chi connectivity index (χ0) is 22.2. The van der Waals surface area contributed by atoms with Crippen LogP contribution in [0.2, 0.25) is 5.02 Å². The maximum atomic E-state index is 13.4. The summed E-state index contributed by atoms with van der Waals surface area (Å²) in [5, 5.41) is 25.9. The van der Waals surface area contributed by atoms with Gasteiger partial charge in [-0.3, -0.25) is 4.98 Å². The molecular weight excluding hydrogens is 446 g/mol. The van der Waals surface area contributed by atoms with Crippen LogP contribution in [0.15, 0.2) is 47.5 Å². The number of benzene rings is 2. The number of hydrogen-bond acceptors (Lipinski definition) is 8. The smallest absolute Gasteiger partial charge is 0.337 e. The molecule has 1 aliphatic heterocycles. The van der Waals surface area contributed by atoms with Crippen molar-refractivity contribution in [2.24, 2.45) is 0 Å². The lowest BCUT2D eigenvalue weighted by Crippen LogP contribution is -2.43. The highest BCUT2D eigenvalue weighted by Crippen LogP contribution is 2.36. The first-order chi connectivity index (χ1) is 14.8. The summed E-state index contributed by atoms with van der Waals surface area (Å²) in [6, 6.07) is 8.52. The van der Waals surface area contributed by atoms with Crippen molar-refractivity contribution in [1.29, 1.82) is 0 Å².